The number of anilines is 2. The molecule has 0 spiro atoms. The van der Waals surface area contributed by atoms with E-state index in [-0.39, 0.29) is 5.91 Å². The van der Waals surface area contributed by atoms with Crippen LogP contribution < -0.4 is 15.4 Å². The molecule has 22 heavy (non-hydrogen) atoms. The summed E-state index contributed by atoms with van der Waals surface area (Å²) in [6, 6.07) is 6.80. The average molecular weight is 325 g/mol. The summed E-state index contributed by atoms with van der Waals surface area (Å²) in [6.07, 6.45) is 4.63. The van der Waals surface area contributed by atoms with Crippen LogP contribution in [0.5, 0.6) is 0 Å². The molecule has 0 aromatic heterocycles. The first kappa shape index (κ1) is 16.8. The molecule has 0 bridgehead atoms. The summed E-state index contributed by atoms with van der Waals surface area (Å²) >= 11 is 0. The number of hydrogen-bond donors (Lipinski definition) is 3. The van der Waals surface area contributed by atoms with E-state index in [1.165, 1.54) is 0 Å². The van der Waals surface area contributed by atoms with Crippen LogP contribution in [0.1, 0.15) is 25.7 Å². The predicted molar refractivity (Wildman–Crippen MR) is 88.4 cm³/mol. The Kier molecular flexibility index (Phi) is 5.79. The van der Waals surface area contributed by atoms with E-state index in [2.05, 4.69) is 15.4 Å². The molecule has 3 N–H and O–H groups in total. The maximum absolute atomic E-state index is 12.1. The van der Waals surface area contributed by atoms with Crippen LogP contribution in [0.4, 0.5) is 11.4 Å². The Morgan fingerprint density at radius 3 is 2.50 bits per heavy atom. The molecule has 2 rings (SSSR count). The van der Waals surface area contributed by atoms with E-state index >= 15 is 0 Å². The molecule has 7 heteroatoms. The normalized spacial score (nSPS) is 16.2. The Labute approximate surface area is 131 Å². The molecular formula is C15H23N3O3S. The van der Waals surface area contributed by atoms with Crippen LogP contribution in [0.3, 0.4) is 0 Å². The summed E-state index contributed by atoms with van der Waals surface area (Å²) in [5.41, 5.74) is 0.878. The fourth-order valence-electron chi connectivity index (χ4n) is 2.60. The van der Waals surface area contributed by atoms with E-state index < -0.39 is 10.0 Å². The molecule has 0 atom stereocenters. The van der Waals surface area contributed by atoms with Crippen molar-refractivity contribution in [3.63, 3.8) is 0 Å². The van der Waals surface area contributed by atoms with Crippen molar-refractivity contribution in [2.45, 2.75) is 25.7 Å². The molecule has 1 heterocycles. The first-order valence-corrected chi connectivity index (χ1v) is 9.40. The van der Waals surface area contributed by atoms with E-state index in [1.807, 2.05) is 0 Å². The third kappa shape index (κ3) is 5.65. The fraction of sp³-hybridized carbons (Fsp3) is 0.533. The van der Waals surface area contributed by atoms with Crippen molar-refractivity contribution in [3.05, 3.63) is 24.3 Å². The number of para-hydroxylation sites is 2. The lowest BCUT2D eigenvalue weighted by Crippen LogP contribution is -2.28. The Morgan fingerprint density at radius 1 is 1.23 bits per heavy atom. The number of benzene rings is 1. The molecule has 0 unspecified atom stereocenters. The number of carbonyl (C=O) groups is 1. The SMILES string of the molecule is CS(=O)(=O)Nc1ccccc1NC(=O)CCC1CCNCC1. The molecule has 1 aliphatic heterocycles. The summed E-state index contributed by atoms with van der Waals surface area (Å²) < 4.78 is 25.1. The first-order chi connectivity index (χ1) is 10.4. The van der Waals surface area contributed by atoms with Gasteiger partial charge in [0.25, 0.3) is 0 Å². The second-order valence-electron chi connectivity index (χ2n) is 5.70. The van der Waals surface area contributed by atoms with Gasteiger partial charge in [0.2, 0.25) is 15.9 Å². The lowest BCUT2D eigenvalue weighted by Gasteiger charge is -2.22. The van der Waals surface area contributed by atoms with Crippen molar-refractivity contribution in [1.82, 2.24) is 5.32 Å². The van der Waals surface area contributed by atoms with Crippen molar-refractivity contribution in [3.8, 4) is 0 Å². The van der Waals surface area contributed by atoms with Crippen LogP contribution in [-0.2, 0) is 14.8 Å². The summed E-state index contributed by atoms with van der Waals surface area (Å²) in [4.78, 5) is 12.1. The molecule has 122 valence electrons. The number of piperidine rings is 1. The van der Waals surface area contributed by atoms with Gasteiger partial charge in [0.05, 0.1) is 17.6 Å². The monoisotopic (exact) mass is 325 g/mol. The fourth-order valence-corrected chi connectivity index (χ4v) is 3.18. The molecule has 1 aromatic carbocycles. The highest BCUT2D eigenvalue weighted by atomic mass is 32.2. The first-order valence-electron chi connectivity index (χ1n) is 7.51. The Hall–Kier alpha value is -1.60. The number of hydrogen-bond acceptors (Lipinski definition) is 4. The Morgan fingerprint density at radius 2 is 1.86 bits per heavy atom. The second-order valence-corrected chi connectivity index (χ2v) is 7.45. The van der Waals surface area contributed by atoms with Gasteiger partial charge < -0.3 is 10.6 Å². The summed E-state index contributed by atoms with van der Waals surface area (Å²) in [5, 5.41) is 6.10. The van der Waals surface area contributed by atoms with Crippen molar-refractivity contribution in [1.29, 1.82) is 0 Å². The lowest BCUT2D eigenvalue weighted by atomic mass is 9.93. The summed E-state index contributed by atoms with van der Waals surface area (Å²) in [7, 11) is -3.37. The molecule has 1 aromatic rings. The molecule has 1 fully saturated rings. The second kappa shape index (κ2) is 7.60. The van der Waals surface area contributed by atoms with Crippen LogP contribution in [-0.4, -0.2) is 33.7 Å². The van der Waals surface area contributed by atoms with Gasteiger partial charge in [-0.15, -0.1) is 0 Å². The quantitative estimate of drug-likeness (QED) is 0.744. The van der Waals surface area contributed by atoms with E-state index in [1.54, 1.807) is 24.3 Å². The maximum atomic E-state index is 12.1. The van der Waals surface area contributed by atoms with Gasteiger partial charge in [-0.25, -0.2) is 8.42 Å². The van der Waals surface area contributed by atoms with Crippen molar-refractivity contribution in [2.75, 3.05) is 29.4 Å². The van der Waals surface area contributed by atoms with Crippen molar-refractivity contribution >= 4 is 27.3 Å². The van der Waals surface area contributed by atoms with Crippen LogP contribution >= 0.6 is 0 Å². The molecule has 1 saturated heterocycles. The van der Waals surface area contributed by atoms with Gasteiger partial charge in [-0.05, 0) is 50.4 Å². The molecule has 0 saturated carbocycles. The highest BCUT2D eigenvalue weighted by molar-refractivity contribution is 7.92. The van der Waals surface area contributed by atoms with Crippen LogP contribution in [0, 0.1) is 5.92 Å². The third-order valence-electron chi connectivity index (χ3n) is 3.73. The molecular weight excluding hydrogens is 302 g/mol. The zero-order valence-corrected chi connectivity index (χ0v) is 13.6. The minimum atomic E-state index is -3.37. The van der Waals surface area contributed by atoms with Crippen molar-refractivity contribution < 1.29 is 13.2 Å². The van der Waals surface area contributed by atoms with Crippen LogP contribution in [0.15, 0.2) is 24.3 Å². The highest BCUT2D eigenvalue weighted by Crippen LogP contribution is 2.23. The van der Waals surface area contributed by atoms with Gasteiger partial charge in [-0.2, -0.15) is 0 Å². The zero-order valence-electron chi connectivity index (χ0n) is 12.8. The maximum Gasteiger partial charge on any atom is 0.229 e. The average Bonchev–Trinajstić information content (AvgIpc) is 2.47. The summed E-state index contributed by atoms with van der Waals surface area (Å²) in [5.74, 6) is 0.512. The highest BCUT2D eigenvalue weighted by Gasteiger charge is 2.15. The Balaban J connectivity index is 1.90. The summed E-state index contributed by atoms with van der Waals surface area (Å²) in [6.45, 7) is 2.04. The molecule has 0 radical (unpaired) electrons. The number of amides is 1. The standard InChI is InChI=1S/C15H23N3O3S/c1-22(20,21)18-14-5-3-2-4-13(14)17-15(19)7-6-12-8-10-16-11-9-12/h2-5,12,16,18H,6-11H2,1H3,(H,17,19). The predicted octanol–water partition coefficient (Wildman–Crippen LogP) is 1.78. The topological polar surface area (TPSA) is 87.3 Å². The zero-order chi connectivity index (χ0) is 16.0. The van der Waals surface area contributed by atoms with Crippen LogP contribution in [0.2, 0.25) is 0 Å². The van der Waals surface area contributed by atoms with E-state index in [0.29, 0.717) is 23.7 Å². The smallest absolute Gasteiger partial charge is 0.229 e. The number of sulfonamides is 1. The van der Waals surface area contributed by atoms with Crippen LogP contribution in [0.25, 0.3) is 0 Å². The lowest BCUT2D eigenvalue weighted by molar-refractivity contribution is -0.116. The van der Waals surface area contributed by atoms with Gasteiger partial charge in [-0.1, -0.05) is 12.1 Å². The van der Waals surface area contributed by atoms with Crippen molar-refractivity contribution in [2.24, 2.45) is 5.92 Å². The van der Waals surface area contributed by atoms with Gasteiger partial charge in [0.1, 0.15) is 0 Å². The van der Waals surface area contributed by atoms with E-state index in [0.717, 1.165) is 38.6 Å². The Bertz CT molecular complexity index is 610. The molecule has 6 nitrogen and oxygen atoms in total. The molecule has 1 amide bonds. The van der Waals surface area contributed by atoms with E-state index in [4.69, 9.17) is 0 Å². The molecule has 0 aliphatic carbocycles. The minimum Gasteiger partial charge on any atom is -0.324 e. The van der Waals surface area contributed by atoms with Gasteiger partial charge in [-0.3, -0.25) is 9.52 Å². The number of rotatable bonds is 6. The van der Waals surface area contributed by atoms with E-state index in [9.17, 15) is 13.2 Å². The minimum absolute atomic E-state index is 0.0821. The number of nitrogens with one attached hydrogen (secondary N) is 3. The molecule has 1 aliphatic rings. The van der Waals surface area contributed by atoms with Gasteiger partial charge >= 0.3 is 0 Å². The van der Waals surface area contributed by atoms with Gasteiger partial charge in [0, 0.05) is 6.42 Å². The number of carbonyl (C=O) groups excluding carboxylic acids is 1. The van der Waals surface area contributed by atoms with Gasteiger partial charge in [0.15, 0.2) is 0 Å². The third-order valence-corrected chi connectivity index (χ3v) is 4.33. The largest absolute Gasteiger partial charge is 0.324 e.